The maximum absolute atomic E-state index is 12.4. The lowest BCUT2D eigenvalue weighted by atomic mass is 9.67. The van der Waals surface area contributed by atoms with Crippen LogP contribution in [0.3, 0.4) is 0 Å². The third-order valence-corrected chi connectivity index (χ3v) is 6.27. The molecule has 6 heteroatoms. The number of ketones is 1. The predicted octanol–water partition coefficient (Wildman–Crippen LogP) is 3.96. The van der Waals surface area contributed by atoms with Crippen molar-refractivity contribution in [3.8, 4) is 0 Å². The fourth-order valence-corrected chi connectivity index (χ4v) is 4.54. The molecule has 2 bridgehead atoms. The van der Waals surface area contributed by atoms with Crippen LogP contribution in [-0.4, -0.2) is 24.3 Å². The van der Waals surface area contributed by atoms with Crippen LogP contribution < -0.4 is 5.32 Å². The molecule has 0 heterocycles. The summed E-state index contributed by atoms with van der Waals surface area (Å²) < 4.78 is 6.26. The summed E-state index contributed by atoms with van der Waals surface area (Å²) in [7, 11) is 0. The molecule has 2 aliphatic carbocycles. The number of rotatable bonds is 6. The molecule has 1 N–H and O–H groups in total. The smallest absolute Gasteiger partial charge is 0.309 e. The molecule has 1 unspecified atom stereocenters. The number of esters is 1. The molecule has 1 aromatic carbocycles. The number of benzene rings is 1. The Bertz CT molecular complexity index is 687. The second-order valence-corrected chi connectivity index (χ2v) is 8.50. The number of hydrogen-bond donors (Lipinski definition) is 1. The number of carbonyl (C=O) groups excluding carboxylic acids is 3. The largest absolute Gasteiger partial charge is 0.455 e. The lowest BCUT2D eigenvalue weighted by molar-refractivity contribution is -0.156. The molecular formula is C21H26BrNO4. The maximum Gasteiger partial charge on any atom is 0.309 e. The highest BCUT2D eigenvalue weighted by atomic mass is 79.9. The molecule has 1 amide bonds. The first kappa shape index (κ1) is 20.1. The number of ether oxygens (including phenoxy) is 1. The van der Waals surface area contributed by atoms with E-state index >= 15 is 0 Å². The third-order valence-electron chi connectivity index (χ3n) is 5.74. The summed E-state index contributed by atoms with van der Waals surface area (Å²) in [6, 6.07) is 7.68. The van der Waals surface area contributed by atoms with Crippen LogP contribution in [0.2, 0.25) is 0 Å². The Morgan fingerprint density at radius 3 is 2.41 bits per heavy atom. The Morgan fingerprint density at radius 1 is 1.19 bits per heavy atom. The van der Waals surface area contributed by atoms with Crippen molar-refractivity contribution in [2.24, 2.45) is 17.8 Å². The van der Waals surface area contributed by atoms with E-state index in [-0.39, 0.29) is 42.3 Å². The Morgan fingerprint density at radius 2 is 1.81 bits per heavy atom. The van der Waals surface area contributed by atoms with Gasteiger partial charge in [0.1, 0.15) is 5.78 Å². The van der Waals surface area contributed by atoms with Crippen LogP contribution in [0.1, 0.15) is 57.1 Å². The molecule has 146 valence electrons. The zero-order valence-corrected chi connectivity index (χ0v) is 17.2. The third kappa shape index (κ3) is 4.98. The molecule has 2 saturated carbocycles. The molecule has 2 aliphatic rings. The fraction of sp³-hybridized carbons (Fsp3) is 0.571. The summed E-state index contributed by atoms with van der Waals surface area (Å²) in [5.74, 6) is -0.560. The summed E-state index contributed by atoms with van der Waals surface area (Å²) in [4.78, 5) is 36.8. The Balaban J connectivity index is 1.49. The molecular weight excluding hydrogens is 410 g/mol. The quantitative estimate of drug-likeness (QED) is 0.686. The van der Waals surface area contributed by atoms with Gasteiger partial charge in [-0.15, -0.1) is 0 Å². The van der Waals surface area contributed by atoms with Crippen molar-refractivity contribution in [2.75, 3.05) is 6.61 Å². The average Bonchev–Trinajstić information content (AvgIpc) is 2.64. The SMILES string of the molecule is CC[C@@H](NC(=O)COC(=O)C1C[C@H]2CCC[C@@H](C1)C2=O)c1ccc(Br)cc1. The second-order valence-electron chi connectivity index (χ2n) is 7.58. The van der Waals surface area contributed by atoms with E-state index in [9.17, 15) is 14.4 Å². The highest BCUT2D eigenvalue weighted by Gasteiger charge is 2.41. The minimum Gasteiger partial charge on any atom is -0.455 e. The van der Waals surface area contributed by atoms with Gasteiger partial charge in [-0.3, -0.25) is 14.4 Å². The normalized spacial score (nSPS) is 25.6. The molecule has 0 spiro atoms. The summed E-state index contributed by atoms with van der Waals surface area (Å²) >= 11 is 3.40. The first-order valence-electron chi connectivity index (χ1n) is 9.73. The van der Waals surface area contributed by atoms with Gasteiger partial charge in [-0.1, -0.05) is 41.4 Å². The van der Waals surface area contributed by atoms with Crippen LogP contribution in [0.4, 0.5) is 0 Å². The average molecular weight is 436 g/mol. The van der Waals surface area contributed by atoms with Gasteiger partial charge in [-0.05, 0) is 49.8 Å². The van der Waals surface area contributed by atoms with E-state index in [1.165, 1.54) is 0 Å². The van der Waals surface area contributed by atoms with Crippen molar-refractivity contribution >= 4 is 33.6 Å². The molecule has 3 rings (SSSR count). The van der Waals surface area contributed by atoms with Crippen LogP contribution in [-0.2, 0) is 19.1 Å². The molecule has 27 heavy (non-hydrogen) atoms. The monoisotopic (exact) mass is 435 g/mol. The number of Topliss-reactive ketones (excluding diaryl/α,β-unsaturated/α-hetero) is 1. The summed E-state index contributed by atoms with van der Waals surface area (Å²) in [5.41, 5.74) is 1.01. The number of hydrogen-bond acceptors (Lipinski definition) is 4. The van der Waals surface area contributed by atoms with Gasteiger partial charge in [-0.25, -0.2) is 0 Å². The van der Waals surface area contributed by atoms with Gasteiger partial charge in [-0.2, -0.15) is 0 Å². The van der Waals surface area contributed by atoms with Gasteiger partial charge >= 0.3 is 5.97 Å². The van der Waals surface area contributed by atoms with Gasteiger partial charge in [0.15, 0.2) is 6.61 Å². The van der Waals surface area contributed by atoms with Gasteiger partial charge in [0.05, 0.1) is 12.0 Å². The number of amides is 1. The van der Waals surface area contributed by atoms with E-state index in [1.54, 1.807) is 0 Å². The van der Waals surface area contributed by atoms with E-state index in [2.05, 4.69) is 21.2 Å². The molecule has 1 aromatic rings. The summed E-state index contributed by atoms with van der Waals surface area (Å²) in [5, 5.41) is 2.92. The Labute approximate surface area is 168 Å². The van der Waals surface area contributed by atoms with Gasteiger partial charge in [0, 0.05) is 16.3 Å². The molecule has 0 radical (unpaired) electrons. The predicted molar refractivity (Wildman–Crippen MR) is 105 cm³/mol. The van der Waals surface area contributed by atoms with Crippen molar-refractivity contribution in [3.63, 3.8) is 0 Å². The second kappa shape index (κ2) is 9.00. The number of carbonyl (C=O) groups is 3. The highest BCUT2D eigenvalue weighted by molar-refractivity contribution is 9.10. The standard InChI is InChI=1S/C21H26BrNO4/c1-2-18(13-6-8-17(22)9-7-13)23-19(24)12-27-21(26)16-10-14-4-3-5-15(11-16)20(14)25/h6-9,14-16,18H,2-5,10-12H2,1H3,(H,23,24)/t14-,15+,16?,18-/m1/s1. The zero-order chi connectivity index (χ0) is 19.4. The molecule has 2 fully saturated rings. The van der Waals surface area contributed by atoms with Crippen molar-refractivity contribution in [1.82, 2.24) is 5.32 Å². The lowest BCUT2D eigenvalue weighted by Gasteiger charge is -2.36. The van der Waals surface area contributed by atoms with Gasteiger partial charge < -0.3 is 10.1 Å². The van der Waals surface area contributed by atoms with Crippen molar-refractivity contribution in [3.05, 3.63) is 34.3 Å². The van der Waals surface area contributed by atoms with E-state index in [0.29, 0.717) is 18.6 Å². The summed E-state index contributed by atoms with van der Waals surface area (Å²) in [6.07, 6.45) is 4.73. The number of nitrogens with one attached hydrogen (secondary N) is 1. The van der Waals surface area contributed by atoms with Crippen molar-refractivity contribution in [1.29, 1.82) is 0 Å². The van der Waals surface area contributed by atoms with E-state index < -0.39 is 0 Å². The number of fused-ring (bicyclic) bond motifs is 2. The topological polar surface area (TPSA) is 72.5 Å². The van der Waals surface area contributed by atoms with E-state index in [1.807, 2.05) is 31.2 Å². The molecule has 5 nitrogen and oxygen atoms in total. The Kier molecular flexibility index (Phi) is 6.68. The summed E-state index contributed by atoms with van der Waals surface area (Å²) in [6.45, 7) is 1.72. The van der Waals surface area contributed by atoms with Crippen LogP contribution >= 0.6 is 15.9 Å². The van der Waals surface area contributed by atoms with Crippen LogP contribution in [0.15, 0.2) is 28.7 Å². The lowest BCUT2D eigenvalue weighted by Crippen LogP contribution is -2.40. The highest BCUT2D eigenvalue weighted by Crippen LogP contribution is 2.40. The minimum absolute atomic E-state index is 0.00533. The van der Waals surface area contributed by atoms with Gasteiger partial charge in [0.2, 0.25) is 0 Å². The first-order chi connectivity index (χ1) is 13.0. The zero-order valence-electron chi connectivity index (χ0n) is 15.6. The van der Waals surface area contributed by atoms with Gasteiger partial charge in [0.25, 0.3) is 5.91 Å². The van der Waals surface area contributed by atoms with E-state index in [4.69, 9.17) is 4.74 Å². The first-order valence-corrected chi connectivity index (χ1v) is 10.5. The molecule has 0 saturated heterocycles. The fourth-order valence-electron chi connectivity index (χ4n) is 4.28. The number of halogens is 1. The van der Waals surface area contributed by atoms with Crippen LogP contribution in [0.5, 0.6) is 0 Å². The van der Waals surface area contributed by atoms with Crippen molar-refractivity contribution in [2.45, 2.75) is 51.5 Å². The van der Waals surface area contributed by atoms with E-state index in [0.717, 1.165) is 35.7 Å². The molecule has 0 aliphatic heterocycles. The minimum atomic E-state index is -0.341. The van der Waals surface area contributed by atoms with Crippen molar-refractivity contribution < 1.29 is 19.1 Å². The van der Waals surface area contributed by atoms with Crippen LogP contribution in [0, 0.1) is 17.8 Å². The van der Waals surface area contributed by atoms with Crippen LogP contribution in [0.25, 0.3) is 0 Å². The maximum atomic E-state index is 12.4. The molecule has 4 atom stereocenters. The Hall–Kier alpha value is -1.69. The molecule has 0 aromatic heterocycles.